The highest BCUT2D eigenvalue weighted by molar-refractivity contribution is 6.05. The molecule has 0 unspecified atom stereocenters. The van der Waals surface area contributed by atoms with Crippen molar-refractivity contribution in [2.45, 2.75) is 19.3 Å². The lowest BCUT2D eigenvalue weighted by atomic mass is 10.1. The molecule has 4 heteroatoms. The lowest BCUT2D eigenvalue weighted by Gasteiger charge is -2.09. The van der Waals surface area contributed by atoms with Crippen LogP contribution in [0.15, 0.2) is 36.4 Å². The van der Waals surface area contributed by atoms with Gasteiger partial charge in [-0.25, -0.2) is 0 Å². The fourth-order valence-corrected chi connectivity index (χ4v) is 2.67. The summed E-state index contributed by atoms with van der Waals surface area (Å²) in [6, 6.07) is 12.7. The molecular weight excluding hydrogens is 262 g/mol. The minimum atomic E-state index is -0.203. The molecule has 0 aromatic heterocycles. The number of anilines is 2. The van der Waals surface area contributed by atoms with Crippen LogP contribution < -0.4 is 11.1 Å². The molecule has 0 saturated heterocycles. The fourth-order valence-electron chi connectivity index (χ4n) is 2.67. The quantitative estimate of drug-likeness (QED) is 0.828. The van der Waals surface area contributed by atoms with E-state index in [2.05, 4.69) is 5.32 Å². The van der Waals surface area contributed by atoms with Crippen molar-refractivity contribution in [3.63, 3.8) is 0 Å². The zero-order chi connectivity index (χ0) is 14.8. The van der Waals surface area contributed by atoms with Crippen LogP contribution in [0.3, 0.4) is 0 Å². The number of hydrogen-bond donors (Lipinski definition) is 2. The number of nitrogens with one attached hydrogen (secondary N) is 1. The number of rotatable bonds is 2. The van der Waals surface area contributed by atoms with Crippen LogP contribution in [0.5, 0.6) is 0 Å². The van der Waals surface area contributed by atoms with Gasteiger partial charge in [0.05, 0.1) is 11.3 Å². The smallest absolute Gasteiger partial charge is 0.255 e. The SMILES string of the molecule is N#Cc1cc(N)ccc1NC(=O)c1ccc2c(c1)CCC2. The monoisotopic (exact) mass is 277 g/mol. The molecule has 104 valence electrons. The zero-order valence-corrected chi connectivity index (χ0v) is 11.5. The minimum Gasteiger partial charge on any atom is -0.399 e. The van der Waals surface area contributed by atoms with Gasteiger partial charge in [-0.1, -0.05) is 6.07 Å². The maximum Gasteiger partial charge on any atom is 0.255 e. The minimum absolute atomic E-state index is 0.203. The summed E-state index contributed by atoms with van der Waals surface area (Å²) in [4.78, 5) is 12.3. The van der Waals surface area contributed by atoms with E-state index in [0.717, 1.165) is 19.3 Å². The van der Waals surface area contributed by atoms with Crippen LogP contribution in [-0.2, 0) is 12.8 Å². The number of carbonyl (C=O) groups is 1. The second-order valence-electron chi connectivity index (χ2n) is 5.21. The highest BCUT2D eigenvalue weighted by Crippen LogP contribution is 2.24. The number of nitriles is 1. The average molecular weight is 277 g/mol. The van der Waals surface area contributed by atoms with Gasteiger partial charge in [-0.3, -0.25) is 4.79 Å². The van der Waals surface area contributed by atoms with Gasteiger partial charge in [-0.15, -0.1) is 0 Å². The van der Waals surface area contributed by atoms with Crippen LogP contribution in [0.4, 0.5) is 11.4 Å². The van der Waals surface area contributed by atoms with Gasteiger partial charge in [0, 0.05) is 11.3 Å². The normalized spacial score (nSPS) is 12.5. The molecule has 1 amide bonds. The predicted octanol–water partition coefficient (Wildman–Crippen LogP) is 2.88. The van der Waals surface area contributed by atoms with Crippen LogP contribution in [0.1, 0.15) is 33.5 Å². The van der Waals surface area contributed by atoms with Gasteiger partial charge in [0.2, 0.25) is 0 Å². The summed E-state index contributed by atoms with van der Waals surface area (Å²) in [7, 11) is 0. The Kier molecular flexibility index (Phi) is 3.33. The molecule has 2 aromatic rings. The summed E-state index contributed by atoms with van der Waals surface area (Å²) in [6.07, 6.45) is 3.27. The van der Waals surface area contributed by atoms with Crippen LogP contribution in [-0.4, -0.2) is 5.91 Å². The predicted molar refractivity (Wildman–Crippen MR) is 82.0 cm³/mol. The van der Waals surface area contributed by atoms with Crippen molar-refractivity contribution in [1.82, 2.24) is 0 Å². The molecule has 0 heterocycles. The van der Waals surface area contributed by atoms with Crippen LogP contribution in [0.25, 0.3) is 0 Å². The fraction of sp³-hybridized carbons (Fsp3) is 0.176. The number of hydrogen-bond acceptors (Lipinski definition) is 3. The van der Waals surface area contributed by atoms with Gasteiger partial charge in [-0.05, 0) is 60.7 Å². The van der Waals surface area contributed by atoms with Gasteiger partial charge in [0.15, 0.2) is 0 Å². The molecule has 3 N–H and O–H groups in total. The van der Waals surface area contributed by atoms with E-state index in [0.29, 0.717) is 22.5 Å². The summed E-state index contributed by atoms with van der Waals surface area (Å²) in [5.74, 6) is -0.203. The van der Waals surface area contributed by atoms with Crippen molar-refractivity contribution in [3.8, 4) is 6.07 Å². The molecule has 0 saturated carbocycles. The second kappa shape index (κ2) is 5.29. The molecule has 0 spiro atoms. The molecular formula is C17H15N3O. The number of fused-ring (bicyclic) bond motifs is 1. The van der Waals surface area contributed by atoms with E-state index >= 15 is 0 Å². The molecule has 0 radical (unpaired) electrons. The van der Waals surface area contributed by atoms with Crippen LogP contribution >= 0.6 is 0 Å². The highest BCUT2D eigenvalue weighted by atomic mass is 16.1. The molecule has 1 aliphatic carbocycles. The number of amides is 1. The van der Waals surface area contributed by atoms with E-state index in [-0.39, 0.29) is 5.91 Å². The zero-order valence-electron chi connectivity index (χ0n) is 11.5. The van der Waals surface area contributed by atoms with E-state index in [1.807, 2.05) is 24.3 Å². The van der Waals surface area contributed by atoms with Gasteiger partial charge in [-0.2, -0.15) is 5.26 Å². The number of nitrogen functional groups attached to an aromatic ring is 1. The number of nitrogens with zero attached hydrogens (tertiary/aromatic N) is 1. The number of benzene rings is 2. The summed E-state index contributed by atoms with van der Waals surface area (Å²) < 4.78 is 0. The van der Waals surface area contributed by atoms with E-state index in [1.165, 1.54) is 11.1 Å². The summed E-state index contributed by atoms with van der Waals surface area (Å²) in [5, 5.41) is 11.9. The third kappa shape index (κ3) is 2.59. The lowest BCUT2D eigenvalue weighted by molar-refractivity contribution is 0.102. The molecule has 4 nitrogen and oxygen atoms in total. The van der Waals surface area contributed by atoms with Gasteiger partial charge in [0.1, 0.15) is 6.07 Å². The Morgan fingerprint density at radius 3 is 2.76 bits per heavy atom. The molecule has 0 aliphatic heterocycles. The lowest BCUT2D eigenvalue weighted by Crippen LogP contribution is -2.13. The van der Waals surface area contributed by atoms with Crippen molar-refractivity contribution < 1.29 is 4.79 Å². The van der Waals surface area contributed by atoms with E-state index < -0.39 is 0 Å². The Balaban J connectivity index is 1.85. The van der Waals surface area contributed by atoms with Crippen molar-refractivity contribution >= 4 is 17.3 Å². The number of aryl methyl sites for hydroxylation is 2. The van der Waals surface area contributed by atoms with E-state index in [9.17, 15) is 4.79 Å². The van der Waals surface area contributed by atoms with Crippen molar-refractivity contribution in [2.24, 2.45) is 0 Å². The molecule has 0 bridgehead atoms. The van der Waals surface area contributed by atoms with Gasteiger partial charge in [0.25, 0.3) is 5.91 Å². The van der Waals surface area contributed by atoms with Crippen molar-refractivity contribution in [3.05, 3.63) is 58.7 Å². The molecule has 0 atom stereocenters. The second-order valence-corrected chi connectivity index (χ2v) is 5.21. The molecule has 1 aliphatic rings. The van der Waals surface area contributed by atoms with Crippen LogP contribution in [0.2, 0.25) is 0 Å². The first kappa shape index (κ1) is 13.2. The maximum atomic E-state index is 12.3. The average Bonchev–Trinajstić information content (AvgIpc) is 2.96. The molecule has 21 heavy (non-hydrogen) atoms. The number of carbonyl (C=O) groups excluding carboxylic acids is 1. The molecule has 0 fully saturated rings. The van der Waals surface area contributed by atoms with Gasteiger partial charge >= 0.3 is 0 Å². The standard InChI is InChI=1S/C17H15N3O/c18-10-14-9-15(19)6-7-16(14)20-17(21)13-5-4-11-2-1-3-12(11)8-13/h4-9H,1-3,19H2,(H,20,21). The summed E-state index contributed by atoms with van der Waals surface area (Å²) in [6.45, 7) is 0. The largest absolute Gasteiger partial charge is 0.399 e. The Morgan fingerprint density at radius 2 is 1.95 bits per heavy atom. The summed E-state index contributed by atoms with van der Waals surface area (Å²) >= 11 is 0. The third-order valence-corrected chi connectivity index (χ3v) is 3.77. The Morgan fingerprint density at radius 1 is 1.14 bits per heavy atom. The highest BCUT2D eigenvalue weighted by Gasteiger charge is 2.15. The first-order chi connectivity index (χ1) is 10.2. The van der Waals surface area contributed by atoms with E-state index in [1.54, 1.807) is 18.2 Å². The Labute approximate surface area is 123 Å². The van der Waals surface area contributed by atoms with Crippen molar-refractivity contribution in [1.29, 1.82) is 5.26 Å². The topological polar surface area (TPSA) is 78.9 Å². The Hall–Kier alpha value is -2.80. The maximum absolute atomic E-state index is 12.3. The summed E-state index contributed by atoms with van der Waals surface area (Å²) in [5.41, 5.74) is 10.2. The van der Waals surface area contributed by atoms with Crippen molar-refractivity contribution in [2.75, 3.05) is 11.1 Å². The van der Waals surface area contributed by atoms with E-state index in [4.69, 9.17) is 11.0 Å². The Bertz CT molecular complexity index is 759. The first-order valence-corrected chi connectivity index (χ1v) is 6.90. The third-order valence-electron chi connectivity index (χ3n) is 3.77. The number of nitrogens with two attached hydrogens (primary N) is 1. The van der Waals surface area contributed by atoms with Gasteiger partial charge < -0.3 is 11.1 Å². The van der Waals surface area contributed by atoms with Crippen LogP contribution in [0, 0.1) is 11.3 Å². The first-order valence-electron chi connectivity index (χ1n) is 6.90. The molecule has 2 aromatic carbocycles. The molecule has 3 rings (SSSR count).